The largest absolute Gasteiger partial charge is 0.494 e. The van der Waals surface area contributed by atoms with Crippen molar-refractivity contribution in [3.05, 3.63) is 52.8 Å². The summed E-state index contributed by atoms with van der Waals surface area (Å²) in [7, 11) is 5.07. The first-order valence-corrected chi connectivity index (χ1v) is 6.92. The molecule has 4 nitrogen and oxygen atoms in total. The SMILES string of the molecule is COc1ccc(C(=O)Nc2cc(Cl)ccc2N(C)C)cc1F. The minimum Gasteiger partial charge on any atom is -0.494 e. The van der Waals surface area contributed by atoms with Crippen LogP contribution in [0.25, 0.3) is 0 Å². The monoisotopic (exact) mass is 322 g/mol. The number of nitrogens with zero attached hydrogens (tertiary/aromatic N) is 1. The van der Waals surface area contributed by atoms with Gasteiger partial charge < -0.3 is 15.0 Å². The van der Waals surface area contributed by atoms with Crippen molar-refractivity contribution >= 4 is 28.9 Å². The summed E-state index contributed by atoms with van der Waals surface area (Å²) in [6.45, 7) is 0. The highest BCUT2D eigenvalue weighted by atomic mass is 35.5. The van der Waals surface area contributed by atoms with E-state index in [1.807, 2.05) is 19.0 Å². The molecule has 6 heteroatoms. The Morgan fingerprint density at radius 3 is 2.55 bits per heavy atom. The van der Waals surface area contributed by atoms with Crippen molar-refractivity contribution < 1.29 is 13.9 Å². The summed E-state index contributed by atoms with van der Waals surface area (Å²) in [6.07, 6.45) is 0. The Morgan fingerprint density at radius 2 is 1.95 bits per heavy atom. The van der Waals surface area contributed by atoms with Gasteiger partial charge in [-0.3, -0.25) is 4.79 Å². The second kappa shape index (κ2) is 6.66. The van der Waals surface area contributed by atoms with Gasteiger partial charge in [-0.2, -0.15) is 0 Å². The molecule has 0 spiro atoms. The Morgan fingerprint density at radius 1 is 1.23 bits per heavy atom. The molecule has 2 rings (SSSR count). The molecule has 0 aliphatic rings. The number of methoxy groups -OCH3 is 1. The molecule has 0 unspecified atom stereocenters. The highest BCUT2D eigenvalue weighted by Gasteiger charge is 2.13. The first-order chi connectivity index (χ1) is 10.4. The third-order valence-electron chi connectivity index (χ3n) is 3.10. The van der Waals surface area contributed by atoms with Crippen molar-refractivity contribution in [2.24, 2.45) is 0 Å². The lowest BCUT2D eigenvalue weighted by Gasteiger charge is -2.18. The van der Waals surface area contributed by atoms with Gasteiger partial charge in [0.1, 0.15) is 0 Å². The Bertz CT molecular complexity index is 705. The van der Waals surface area contributed by atoms with Crippen molar-refractivity contribution in [2.75, 3.05) is 31.4 Å². The highest BCUT2D eigenvalue weighted by Crippen LogP contribution is 2.28. The molecular formula is C16H16ClFN2O2. The minimum atomic E-state index is -0.589. The van der Waals surface area contributed by atoms with Crippen LogP contribution in [0.3, 0.4) is 0 Å². The fraction of sp³-hybridized carbons (Fsp3) is 0.188. The number of rotatable bonds is 4. The molecule has 0 saturated carbocycles. The first kappa shape index (κ1) is 16.1. The molecule has 0 aromatic heterocycles. The number of hydrogen-bond donors (Lipinski definition) is 1. The lowest BCUT2D eigenvalue weighted by Crippen LogP contribution is -2.17. The lowest BCUT2D eigenvalue weighted by molar-refractivity contribution is 0.102. The summed E-state index contributed by atoms with van der Waals surface area (Å²) in [5.41, 5.74) is 1.55. The van der Waals surface area contributed by atoms with E-state index in [1.165, 1.54) is 19.2 Å². The number of hydrogen-bond acceptors (Lipinski definition) is 3. The van der Waals surface area contributed by atoms with Crippen molar-refractivity contribution in [1.29, 1.82) is 0 Å². The Balaban J connectivity index is 2.29. The maximum Gasteiger partial charge on any atom is 0.255 e. The van der Waals surface area contributed by atoms with Crippen LogP contribution in [0.2, 0.25) is 5.02 Å². The molecule has 0 heterocycles. The third-order valence-corrected chi connectivity index (χ3v) is 3.34. The predicted octanol–water partition coefficient (Wildman–Crippen LogP) is 3.81. The van der Waals surface area contributed by atoms with E-state index < -0.39 is 11.7 Å². The number of carbonyl (C=O) groups excluding carboxylic acids is 1. The van der Waals surface area contributed by atoms with E-state index in [0.717, 1.165) is 11.8 Å². The fourth-order valence-corrected chi connectivity index (χ4v) is 2.17. The van der Waals surface area contributed by atoms with Crippen LogP contribution in [0.4, 0.5) is 15.8 Å². The zero-order valence-electron chi connectivity index (χ0n) is 12.5. The van der Waals surface area contributed by atoms with E-state index in [9.17, 15) is 9.18 Å². The van der Waals surface area contributed by atoms with E-state index in [1.54, 1.807) is 18.2 Å². The topological polar surface area (TPSA) is 41.6 Å². The average Bonchev–Trinajstić information content (AvgIpc) is 2.46. The lowest BCUT2D eigenvalue weighted by atomic mass is 10.1. The molecule has 0 radical (unpaired) electrons. The summed E-state index contributed by atoms with van der Waals surface area (Å²) < 4.78 is 18.5. The Kier molecular flexibility index (Phi) is 4.88. The van der Waals surface area contributed by atoms with Gasteiger partial charge in [-0.1, -0.05) is 11.6 Å². The molecule has 0 saturated heterocycles. The second-order valence-corrected chi connectivity index (χ2v) is 5.30. The number of ether oxygens (including phenoxy) is 1. The molecule has 22 heavy (non-hydrogen) atoms. The van der Waals surface area contributed by atoms with E-state index in [2.05, 4.69) is 5.32 Å². The van der Waals surface area contributed by atoms with Gasteiger partial charge in [0.05, 0.1) is 18.5 Å². The summed E-state index contributed by atoms with van der Waals surface area (Å²) >= 11 is 5.97. The molecule has 116 valence electrons. The van der Waals surface area contributed by atoms with Gasteiger partial charge in [-0.15, -0.1) is 0 Å². The molecule has 2 aromatic carbocycles. The van der Waals surface area contributed by atoms with Crippen LogP contribution in [-0.4, -0.2) is 27.1 Å². The molecular weight excluding hydrogens is 307 g/mol. The van der Waals surface area contributed by atoms with E-state index in [-0.39, 0.29) is 11.3 Å². The van der Waals surface area contributed by atoms with Crippen LogP contribution in [0.5, 0.6) is 5.75 Å². The number of benzene rings is 2. The van der Waals surface area contributed by atoms with Gasteiger partial charge in [0.15, 0.2) is 11.6 Å². The summed E-state index contributed by atoms with van der Waals surface area (Å²) in [6, 6.07) is 9.22. The van der Waals surface area contributed by atoms with E-state index in [4.69, 9.17) is 16.3 Å². The van der Waals surface area contributed by atoms with Gasteiger partial charge in [0.25, 0.3) is 5.91 Å². The molecule has 0 atom stereocenters. The Labute approximate surface area is 133 Å². The molecule has 0 bridgehead atoms. The molecule has 1 N–H and O–H groups in total. The zero-order chi connectivity index (χ0) is 16.3. The number of halogens is 2. The van der Waals surface area contributed by atoms with Crippen molar-refractivity contribution in [1.82, 2.24) is 0 Å². The number of nitrogens with one attached hydrogen (secondary N) is 1. The normalized spacial score (nSPS) is 10.2. The third kappa shape index (κ3) is 3.49. The maximum absolute atomic E-state index is 13.7. The van der Waals surface area contributed by atoms with Gasteiger partial charge in [0.2, 0.25) is 0 Å². The summed E-state index contributed by atoms with van der Waals surface area (Å²) in [5.74, 6) is -0.922. The van der Waals surface area contributed by atoms with Gasteiger partial charge >= 0.3 is 0 Å². The van der Waals surface area contributed by atoms with Gasteiger partial charge in [-0.25, -0.2) is 4.39 Å². The van der Waals surface area contributed by atoms with Crippen LogP contribution in [0, 0.1) is 5.82 Å². The van der Waals surface area contributed by atoms with E-state index in [0.29, 0.717) is 10.7 Å². The summed E-state index contributed by atoms with van der Waals surface area (Å²) in [4.78, 5) is 14.1. The summed E-state index contributed by atoms with van der Waals surface area (Å²) in [5, 5.41) is 3.24. The van der Waals surface area contributed by atoms with Crippen molar-refractivity contribution in [2.45, 2.75) is 0 Å². The number of anilines is 2. The molecule has 2 aromatic rings. The standard InChI is InChI=1S/C16H16ClFN2O2/c1-20(2)14-6-5-11(17)9-13(14)19-16(21)10-4-7-15(22-3)12(18)8-10/h4-9H,1-3H3,(H,19,21). The van der Waals surface area contributed by atoms with Gasteiger partial charge in [-0.05, 0) is 36.4 Å². The van der Waals surface area contributed by atoms with Crippen molar-refractivity contribution in [3.63, 3.8) is 0 Å². The van der Waals surface area contributed by atoms with Crippen LogP contribution in [0.15, 0.2) is 36.4 Å². The van der Waals surface area contributed by atoms with Crippen molar-refractivity contribution in [3.8, 4) is 5.75 Å². The zero-order valence-corrected chi connectivity index (χ0v) is 13.2. The number of amides is 1. The van der Waals surface area contributed by atoms with Crippen LogP contribution in [-0.2, 0) is 0 Å². The highest BCUT2D eigenvalue weighted by molar-refractivity contribution is 6.31. The van der Waals surface area contributed by atoms with Gasteiger partial charge in [0, 0.05) is 24.7 Å². The first-order valence-electron chi connectivity index (χ1n) is 6.54. The van der Waals surface area contributed by atoms with Crippen LogP contribution in [0.1, 0.15) is 10.4 Å². The Hall–Kier alpha value is -2.27. The molecule has 0 fully saturated rings. The van der Waals surface area contributed by atoms with E-state index >= 15 is 0 Å². The predicted molar refractivity (Wildman–Crippen MR) is 86.7 cm³/mol. The maximum atomic E-state index is 13.7. The average molecular weight is 323 g/mol. The quantitative estimate of drug-likeness (QED) is 0.930. The number of carbonyl (C=O) groups is 1. The molecule has 0 aliphatic heterocycles. The molecule has 1 amide bonds. The fourth-order valence-electron chi connectivity index (χ4n) is 2.00. The second-order valence-electron chi connectivity index (χ2n) is 4.86. The van der Waals surface area contributed by atoms with Crippen LogP contribution >= 0.6 is 11.6 Å². The molecule has 0 aliphatic carbocycles. The minimum absolute atomic E-state index is 0.0910. The van der Waals surface area contributed by atoms with Crippen LogP contribution < -0.4 is 15.0 Å². The smallest absolute Gasteiger partial charge is 0.255 e.